The van der Waals surface area contributed by atoms with Gasteiger partial charge in [-0.1, -0.05) is 24.3 Å². The lowest BCUT2D eigenvalue weighted by Gasteiger charge is -2.26. The van der Waals surface area contributed by atoms with Crippen molar-refractivity contribution in [1.82, 2.24) is 0 Å². The minimum Gasteiger partial charge on any atom is -0.460 e. The highest BCUT2D eigenvalue weighted by atomic mass is 16.6. The van der Waals surface area contributed by atoms with E-state index in [-0.39, 0.29) is 11.6 Å². The van der Waals surface area contributed by atoms with Crippen molar-refractivity contribution in [3.8, 4) is 0 Å². The molecule has 1 atom stereocenters. The summed E-state index contributed by atoms with van der Waals surface area (Å²) in [6.07, 6.45) is 3.74. The summed E-state index contributed by atoms with van der Waals surface area (Å²) in [5.41, 5.74) is 2.47. The summed E-state index contributed by atoms with van der Waals surface area (Å²) in [6.45, 7) is 5.75. The van der Waals surface area contributed by atoms with Crippen LogP contribution < -0.4 is 0 Å². The smallest absolute Gasteiger partial charge is 0.306 e. The number of hydrogen-bond acceptors (Lipinski definition) is 2. The fraction of sp³-hybridized carbons (Fsp3) is 0.562. The van der Waals surface area contributed by atoms with E-state index < -0.39 is 0 Å². The third-order valence-corrected chi connectivity index (χ3v) is 3.32. The second kappa shape index (κ2) is 5.13. The first-order valence-corrected chi connectivity index (χ1v) is 6.73. The van der Waals surface area contributed by atoms with Gasteiger partial charge in [0, 0.05) is 6.42 Å². The minimum absolute atomic E-state index is 0.0631. The quantitative estimate of drug-likeness (QED) is 0.746. The molecular weight excluding hydrogens is 224 g/mol. The van der Waals surface area contributed by atoms with Gasteiger partial charge in [-0.2, -0.15) is 0 Å². The van der Waals surface area contributed by atoms with Crippen LogP contribution in [-0.2, 0) is 22.4 Å². The molecule has 1 aliphatic carbocycles. The van der Waals surface area contributed by atoms with Gasteiger partial charge in [-0.05, 0) is 57.1 Å². The Morgan fingerprint density at radius 1 is 1.28 bits per heavy atom. The van der Waals surface area contributed by atoms with Crippen molar-refractivity contribution in [1.29, 1.82) is 0 Å². The number of aryl methyl sites for hydroxylation is 1. The molecule has 0 saturated carbocycles. The Hall–Kier alpha value is -1.31. The maximum Gasteiger partial charge on any atom is 0.306 e. The Morgan fingerprint density at radius 3 is 2.61 bits per heavy atom. The molecule has 1 aromatic rings. The Bertz CT molecular complexity index is 429. The van der Waals surface area contributed by atoms with E-state index in [0.717, 1.165) is 19.3 Å². The predicted octanol–water partition coefficient (Wildman–Crippen LogP) is 3.52. The summed E-state index contributed by atoms with van der Waals surface area (Å²) in [4.78, 5) is 11.8. The van der Waals surface area contributed by atoms with Crippen LogP contribution in [0.3, 0.4) is 0 Å². The van der Waals surface area contributed by atoms with E-state index in [1.165, 1.54) is 11.1 Å². The van der Waals surface area contributed by atoms with E-state index >= 15 is 0 Å². The van der Waals surface area contributed by atoms with Crippen molar-refractivity contribution >= 4 is 5.97 Å². The van der Waals surface area contributed by atoms with Gasteiger partial charge in [0.1, 0.15) is 5.60 Å². The number of ether oxygens (including phenoxy) is 1. The zero-order valence-electron chi connectivity index (χ0n) is 11.5. The van der Waals surface area contributed by atoms with Gasteiger partial charge in [0.05, 0.1) is 0 Å². The summed E-state index contributed by atoms with van der Waals surface area (Å²) in [5, 5.41) is 0. The molecular formula is C16H22O2. The third-order valence-electron chi connectivity index (χ3n) is 3.32. The fourth-order valence-corrected chi connectivity index (χ4v) is 2.57. The summed E-state index contributed by atoms with van der Waals surface area (Å²) < 4.78 is 5.39. The van der Waals surface area contributed by atoms with Crippen LogP contribution in [0.5, 0.6) is 0 Å². The topological polar surface area (TPSA) is 26.3 Å². The van der Waals surface area contributed by atoms with E-state index in [4.69, 9.17) is 4.74 Å². The molecule has 1 aliphatic rings. The monoisotopic (exact) mass is 246 g/mol. The highest BCUT2D eigenvalue weighted by Crippen LogP contribution is 2.28. The zero-order valence-corrected chi connectivity index (χ0v) is 11.5. The number of carbonyl (C=O) groups is 1. The van der Waals surface area contributed by atoms with Gasteiger partial charge in [-0.3, -0.25) is 4.79 Å². The van der Waals surface area contributed by atoms with Crippen molar-refractivity contribution < 1.29 is 9.53 Å². The molecule has 0 bridgehead atoms. The summed E-state index contributed by atoms with van der Waals surface area (Å²) >= 11 is 0. The summed E-state index contributed by atoms with van der Waals surface area (Å²) in [7, 11) is 0. The molecule has 0 aromatic heterocycles. The molecule has 0 N–H and O–H groups in total. The Labute approximate surface area is 109 Å². The largest absolute Gasteiger partial charge is 0.460 e. The first-order chi connectivity index (χ1) is 8.44. The number of hydrogen-bond donors (Lipinski definition) is 0. The second-order valence-corrected chi connectivity index (χ2v) is 6.17. The van der Waals surface area contributed by atoms with Crippen LogP contribution >= 0.6 is 0 Å². The average Bonchev–Trinajstić information content (AvgIpc) is 2.26. The van der Waals surface area contributed by atoms with Crippen molar-refractivity contribution in [2.45, 2.75) is 52.1 Å². The molecule has 0 saturated heterocycles. The molecule has 1 aromatic carbocycles. The Morgan fingerprint density at radius 2 is 1.94 bits per heavy atom. The Balaban J connectivity index is 1.92. The summed E-state index contributed by atoms with van der Waals surface area (Å²) in [5.74, 6) is 0.377. The molecule has 2 rings (SSSR count). The molecule has 1 unspecified atom stereocenters. The lowest BCUT2D eigenvalue weighted by atomic mass is 9.82. The van der Waals surface area contributed by atoms with Gasteiger partial charge < -0.3 is 4.74 Å². The highest BCUT2D eigenvalue weighted by molar-refractivity contribution is 5.70. The molecule has 98 valence electrons. The molecule has 0 fully saturated rings. The van der Waals surface area contributed by atoms with Gasteiger partial charge in [0.25, 0.3) is 0 Å². The maximum absolute atomic E-state index is 11.8. The van der Waals surface area contributed by atoms with Crippen LogP contribution in [0.25, 0.3) is 0 Å². The van der Waals surface area contributed by atoms with Crippen molar-refractivity contribution in [2.24, 2.45) is 5.92 Å². The molecule has 0 aliphatic heterocycles. The first-order valence-electron chi connectivity index (χ1n) is 6.73. The zero-order chi connectivity index (χ0) is 13.2. The van der Waals surface area contributed by atoms with E-state index in [9.17, 15) is 4.79 Å². The predicted molar refractivity (Wildman–Crippen MR) is 72.4 cm³/mol. The van der Waals surface area contributed by atoms with Gasteiger partial charge >= 0.3 is 5.97 Å². The molecule has 0 spiro atoms. The van der Waals surface area contributed by atoms with Gasteiger partial charge in [0.15, 0.2) is 0 Å². The lowest BCUT2D eigenvalue weighted by molar-refractivity contribution is -0.156. The van der Waals surface area contributed by atoms with Crippen LogP contribution in [0.1, 0.15) is 44.7 Å². The molecule has 2 nitrogen and oxygen atoms in total. The standard InChI is InChI=1S/C16H22O2/c1-16(2,3)18-15(17)11-12-8-9-13-6-4-5-7-14(13)10-12/h4-7,12H,8-11H2,1-3H3. The van der Waals surface area contributed by atoms with E-state index in [2.05, 4.69) is 24.3 Å². The molecule has 0 heterocycles. The molecule has 0 amide bonds. The van der Waals surface area contributed by atoms with Crippen LogP contribution in [-0.4, -0.2) is 11.6 Å². The van der Waals surface area contributed by atoms with E-state index in [1.54, 1.807) is 0 Å². The second-order valence-electron chi connectivity index (χ2n) is 6.17. The average molecular weight is 246 g/mol. The van der Waals surface area contributed by atoms with Crippen LogP contribution in [0.15, 0.2) is 24.3 Å². The highest BCUT2D eigenvalue weighted by Gasteiger charge is 2.23. The number of fused-ring (bicyclic) bond motifs is 1. The molecule has 18 heavy (non-hydrogen) atoms. The van der Waals surface area contributed by atoms with E-state index in [0.29, 0.717) is 12.3 Å². The molecule has 0 radical (unpaired) electrons. The van der Waals surface area contributed by atoms with Crippen molar-refractivity contribution in [3.63, 3.8) is 0 Å². The fourth-order valence-electron chi connectivity index (χ4n) is 2.57. The Kier molecular flexibility index (Phi) is 3.74. The normalized spacial score (nSPS) is 19.2. The third kappa shape index (κ3) is 3.59. The maximum atomic E-state index is 11.8. The van der Waals surface area contributed by atoms with Crippen molar-refractivity contribution in [2.75, 3.05) is 0 Å². The van der Waals surface area contributed by atoms with Crippen LogP contribution in [0.2, 0.25) is 0 Å². The number of esters is 1. The van der Waals surface area contributed by atoms with Crippen LogP contribution in [0.4, 0.5) is 0 Å². The van der Waals surface area contributed by atoms with Gasteiger partial charge in [0.2, 0.25) is 0 Å². The van der Waals surface area contributed by atoms with E-state index in [1.807, 2.05) is 20.8 Å². The van der Waals surface area contributed by atoms with Crippen LogP contribution in [0, 0.1) is 5.92 Å². The lowest BCUT2D eigenvalue weighted by Crippen LogP contribution is -2.26. The van der Waals surface area contributed by atoms with Crippen molar-refractivity contribution in [3.05, 3.63) is 35.4 Å². The SMILES string of the molecule is CC(C)(C)OC(=O)CC1CCc2ccccc2C1. The number of carbonyl (C=O) groups excluding carboxylic acids is 1. The number of benzene rings is 1. The first kappa shape index (κ1) is 13.1. The molecule has 2 heteroatoms. The number of rotatable bonds is 2. The summed E-state index contributed by atoms with van der Waals surface area (Å²) in [6, 6.07) is 8.54. The van der Waals surface area contributed by atoms with Gasteiger partial charge in [-0.25, -0.2) is 0 Å². The minimum atomic E-state index is -0.371. The van der Waals surface area contributed by atoms with Gasteiger partial charge in [-0.15, -0.1) is 0 Å².